The van der Waals surface area contributed by atoms with Crippen molar-refractivity contribution in [2.24, 2.45) is 5.92 Å². The molecule has 19 heavy (non-hydrogen) atoms. The largest absolute Gasteiger partial charge is 0.481 e. The number of hydrogen-bond donors (Lipinski definition) is 1. The second-order valence-electron chi connectivity index (χ2n) is 4.57. The number of aliphatic carboxylic acids is 1. The Morgan fingerprint density at radius 2 is 1.89 bits per heavy atom. The number of hydrogen-bond acceptors (Lipinski definition) is 3. The molecule has 0 aromatic heterocycles. The fourth-order valence-electron chi connectivity index (χ4n) is 1.62. The van der Waals surface area contributed by atoms with E-state index >= 15 is 0 Å². The molecular weight excluding hydrogens is 266 g/mol. The van der Waals surface area contributed by atoms with Crippen LogP contribution in [0.4, 0.5) is 0 Å². The maximum atomic E-state index is 12.0. The lowest BCUT2D eigenvalue weighted by Gasteiger charge is -2.19. The summed E-state index contributed by atoms with van der Waals surface area (Å²) < 4.78 is 25.1. The highest BCUT2D eigenvalue weighted by Crippen LogP contribution is 2.08. The molecule has 6 heteroatoms. The van der Waals surface area contributed by atoms with E-state index in [1.807, 2.05) is 30.3 Å². The fourth-order valence-corrected chi connectivity index (χ4v) is 2.88. The molecule has 1 aromatic carbocycles. The van der Waals surface area contributed by atoms with Crippen molar-refractivity contribution in [2.75, 3.05) is 19.3 Å². The molecule has 0 aliphatic carbocycles. The molecule has 0 amide bonds. The lowest BCUT2D eigenvalue weighted by molar-refractivity contribution is -0.141. The normalized spacial score (nSPS) is 13.4. The van der Waals surface area contributed by atoms with E-state index in [0.717, 1.165) is 9.87 Å². The van der Waals surface area contributed by atoms with Crippen molar-refractivity contribution in [2.45, 2.75) is 13.3 Å². The molecule has 1 N–H and O–H groups in total. The molecule has 0 spiro atoms. The summed E-state index contributed by atoms with van der Waals surface area (Å²) in [6.07, 6.45) is 0.426. The molecule has 0 saturated heterocycles. The Bertz CT molecular complexity index is 513. The van der Waals surface area contributed by atoms with Crippen molar-refractivity contribution >= 4 is 16.0 Å². The maximum Gasteiger partial charge on any atom is 0.307 e. The topological polar surface area (TPSA) is 74.7 Å². The zero-order chi connectivity index (χ0) is 14.5. The molecule has 0 heterocycles. The summed E-state index contributed by atoms with van der Waals surface area (Å²) in [5, 5.41) is 8.78. The molecule has 1 unspecified atom stereocenters. The van der Waals surface area contributed by atoms with Gasteiger partial charge in [-0.1, -0.05) is 37.3 Å². The van der Waals surface area contributed by atoms with Gasteiger partial charge in [-0.2, -0.15) is 0 Å². The van der Waals surface area contributed by atoms with Crippen LogP contribution in [-0.4, -0.2) is 43.1 Å². The van der Waals surface area contributed by atoms with E-state index in [1.165, 1.54) is 14.0 Å². The van der Waals surface area contributed by atoms with E-state index in [1.54, 1.807) is 0 Å². The van der Waals surface area contributed by atoms with Gasteiger partial charge in [-0.3, -0.25) is 4.79 Å². The van der Waals surface area contributed by atoms with Crippen LogP contribution in [0.3, 0.4) is 0 Å². The second kappa shape index (κ2) is 6.68. The third-order valence-corrected chi connectivity index (χ3v) is 4.74. The first-order valence-electron chi connectivity index (χ1n) is 6.03. The van der Waals surface area contributed by atoms with E-state index < -0.39 is 21.9 Å². The number of nitrogens with zero attached hydrogens (tertiary/aromatic N) is 1. The minimum atomic E-state index is -3.42. The lowest BCUT2D eigenvalue weighted by Crippen LogP contribution is -2.35. The second-order valence-corrected chi connectivity index (χ2v) is 6.77. The Labute approximate surface area is 113 Å². The molecule has 1 rings (SSSR count). The smallest absolute Gasteiger partial charge is 0.307 e. The van der Waals surface area contributed by atoms with Crippen molar-refractivity contribution in [3.8, 4) is 0 Å². The highest BCUT2D eigenvalue weighted by atomic mass is 32.2. The first kappa shape index (κ1) is 15.7. The summed E-state index contributed by atoms with van der Waals surface area (Å²) in [5.74, 6) is -1.72. The average Bonchev–Trinajstić information content (AvgIpc) is 2.37. The number of rotatable bonds is 7. The predicted molar refractivity (Wildman–Crippen MR) is 73.4 cm³/mol. The molecule has 0 aliphatic heterocycles. The van der Waals surface area contributed by atoms with Crippen LogP contribution in [0, 0.1) is 5.92 Å². The average molecular weight is 285 g/mol. The van der Waals surface area contributed by atoms with Gasteiger partial charge < -0.3 is 5.11 Å². The number of aryl methyl sites for hydroxylation is 1. The lowest BCUT2D eigenvalue weighted by atomic mass is 10.2. The van der Waals surface area contributed by atoms with Crippen LogP contribution >= 0.6 is 0 Å². The van der Waals surface area contributed by atoms with E-state index in [-0.39, 0.29) is 12.3 Å². The zero-order valence-corrected chi connectivity index (χ0v) is 11.9. The van der Waals surface area contributed by atoms with Crippen molar-refractivity contribution in [3.05, 3.63) is 35.9 Å². The highest BCUT2D eigenvalue weighted by molar-refractivity contribution is 7.89. The van der Waals surface area contributed by atoms with E-state index in [4.69, 9.17) is 5.11 Å². The molecule has 106 valence electrons. The molecule has 0 fully saturated rings. The number of benzene rings is 1. The van der Waals surface area contributed by atoms with Crippen molar-refractivity contribution in [3.63, 3.8) is 0 Å². The van der Waals surface area contributed by atoms with Crippen LogP contribution in [0.2, 0.25) is 0 Å². The highest BCUT2D eigenvalue weighted by Gasteiger charge is 2.22. The monoisotopic (exact) mass is 285 g/mol. The SMILES string of the molecule is CC(CN(C)S(=O)(=O)CCc1ccccc1)C(=O)O. The Balaban J connectivity index is 2.58. The quantitative estimate of drug-likeness (QED) is 0.817. The van der Waals surface area contributed by atoms with E-state index in [2.05, 4.69) is 0 Å². The van der Waals surface area contributed by atoms with Crippen molar-refractivity contribution in [1.82, 2.24) is 4.31 Å². The van der Waals surface area contributed by atoms with Gasteiger partial charge in [-0.05, 0) is 12.0 Å². The Morgan fingerprint density at radius 3 is 2.42 bits per heavy atom. The van der Waals surface area contributed by atoms with Crippen LogP contribution < -0.4 is 0 Å². The van der Waals surface area contributed by atoms with Gasteiger partial charge >= 0.3 is 5.97 Å². The molecule has 5 nitrogen and oxygen atoms in total. The summed E-state index contributed by atoms with van der Waals surface area (Å²) >= 11 is 0. The summed E-state index contributed by atoms with van der Waals surface area (Å²) in [6, 6.07) is 9.33. The van der Waals surface area contributed by atoms with Gasteiger partial charge in [0.15, 0.2) is 0 Å². The van der Waals surface area contributed by atoms with Gasteiger partial charge in [0, 0.05) is 13.6 Å². The van der Waals surface area contributed by atoms with Gasteiger partial charge in [0.25, 0.3) is 0 Å². The Kier molecular flexibility index (Phi) is 5.50. The van der Waals surface area contributed by atoms with Crippen LogP contribution in [-0.2, 0) is 21.2 Å². The van der Waals surface area contributed by atoms with Crippen molar-refractivity contribution in [1.29, 1.82) is 0 Å². The molecular formula is C13H19NO4S. The molecule has 0 radical (unpaired) electrons. The number of carboxylic acids is 1. The first-order chi connectivity index (χ1) is 8.83. The molecule has 0 bridgehead atoms. The van der Waals surface area contributed by atoms with Crippen LogP contribution in [0.1, 0.15) is 12.5 Å². The molecule has 0 saturated carbocycles. The minimum absolute atomic E-state index is 0.00748. The third-order valence-electron chi connectivity index (χ3n) is 2.92. The Hall–Kier alpha value is -1.40. The van der Waals surface area contributed by atoms with Gasteiger partial charge in [0.2, 0.25) is 10.0 Å². The molecule has 0 aliphatic rings. The summed E-state index contributed by atoms with van der Waals surface area (Å²) in [7, 11) is -2.00. The van der Waals surface area contributed by atoms with Crippen LogP contribution in [0.15, 0.2) is 30.3 Å². The molecule has 1 aromatic rings. The Morgan fingerprint density at radius 1 is 1.32 bits per heavy atom. The maximum absolute atomic E-state index is 12.0. The molecule has 1 atom stereocenters. The van der Waals surface area contributed by atoms with Gasteiger partial charge in [-0.15, -0.1) is 0 Å². The number of sulfonamides is 1. The number of carbonyl (C=O) groups is 1. The fraction of sp³-hybridized carbons (Fsp3) is 0.462. The van der Waals surface area contributed by atoms with Gasteiger partial charge in [-0.25, -0.2) is 12.7 Å². The van der Waals surface area contributed by atoms with E-state index in [9.17, 15) is 13.2 Å². The summed E-state index contributed by atoms with van der Waals surface area (Å²) in [4.78, 5) is 10.7. The third kappa shape index (κ3) is 5.00. The van der Waals surface area contributed by atoms with Crippen LogP contribution in [0.5, 0.6) is 0 Å². The summed E-state index contributed by atoms with van der Waals surface area (Å²) in [5.41, 5.74) is 0.950. The van der Waals surface area contributed by atoms with Crippen LogP contribution in [0.25, 0.3) is 0 Å². The number of carboxylic acid groups (broad SMARTS) is 1. The zero-order valence-electron chi connectivity index (χ0n) is 11.1. The van der Waals surface area contributed by atoms with Gasteiger partial charge in [0.05, 0.1) is 11.7 Å². The standard InChI is InChI=1S/C13H19NO4S/c1-11(13(15)16)10-14(2)19(17,18)9-8-12-6-4-3-5-7-12/h3-7,11H,8-10H2,1-2H3,(H,15,16). The predicted octanol–water partition coefficient (Wildman–Crippen LogP) is 1.21. The summed E-state index contributed by atoms with van der Waals surface area (Å²) in [6.45, 7) is 1.48. The van der Waals surface area contributed by atoms with E-state index in [0.29, 0.717) is 6.42 Å². The van der Waals surface area contributed by atoms with Gasteiger partial charge in [0.1, 0.15) is 0 Å². The first-order valence-corrected chi connectivity index (χ1v) is 7.64. The van der Waals surface area contributed by atoms with Crippen molar-refractivity contribution < 1.29 is 18.3 Å². The minimum Gasteiger partial charge on any atom is -0.481 e.